The molecule has 5 aromatic rings. The first-order valence-electron chi connectivity index (χ1n) is 9.91. The van der Waals surface area contributed by atoms with Gasteiger partial charge in [0.15, 0.2) is 0 Å². The maximum absolute atomic E-state index is 13.8. The van der Waals surface area contributed by atoms with Crippen molar-refractivity contribution in [2.75, 3.05) is 14.2 Å². The van der Waals surface area contributed by atoms with Gasteiger partial charge in [0, 0.05) is 29.7 Å². The lowest BCUT2D eigenvalue weighted by Crippen LogP contribution is -2.14. The molecule has 3 aromatic carbocycles. The van der Waals surface area contributed by atoms with Gasteiger partial charge < -0.3 is 14.0 Å². The molecule has 0 aliphatic carbocycles. The second-order valence-electron chi connectivity index (χ2n) is 7.30. The summed E-state index contributed by atoms with van der Waals surface area (Å²) in [6.07, 6.45) is 2.00. The molecule has 154 valence electrons. The van der Waals surface area contributed by atoms with Gasteiger partial charge in [0.25, 0.3) is 5.91 Å². The topological polar surface area (TPSA) is 58.3 Å². The highest BCUT2D eigenvalue weighted by molar-refractivity contribution is 6.07. The maximum Gasteiger partial charge on any atom is 0.267 e. The quantitative estimate of drug-likeness (QED) is 0.422. The summed E-state index contributed by atoms with van der Waals surface area (Å²) in [5.74, 6) is 1.66. The zero-order chi connectivity index (χ0) is 21.5. The molecule has 0 aliphatic rings. The van der Waals surface area contributed by atoms with Crippen LogP contribution in [0.3, 0.4) is 0 Å². The van der Waals surface area contributed by atoms with Crippen LogP contribution in [0.4, 0.5) is 0 Å². The van der Waals surface area contributed by atoms with Crippen LogP contribution < -0.4 is 9.47 Å². The van der Waals surface area contributed by atoms with Crippen molar-refractivity contribution < 1.29 is 14.3 Å². The van der Waals surface area contributed by atoms with Crippen molar-refractivity contribution in [1.82, 2.24) is 14.1 Å². The molecule has 0 atom stereocenters. The molecule has 2 heterocycles. The van der Waals surface area contributed by atoms with Crippen molar-refractivity contribution in [2.45, 2.75) is 0 Å². The number of ether oxygens (including phenoxy) is 2. The van der Waals surface area contributed by atoms with Gasteiger partial charge in [-0.15, -0.1) is 0 Å². The Hall–Kier alpha value is -4.06. The number of imidazole rings is 1. The molecule has 0 radical (unpaired) electrons. The summed E-state index contributed by atoms with van der Waals surface area (Å²) in [4.78, 5) is 18.6. The first kappa shape index (κ1) is 18.9. The van der Waals surface area contributed by atoms with E-state index in [0.717, 1.165) is 33.2 Å². The van der Waals surface area contributed by atoms with Gasteiger partial charge in [-0.25, -0.2) is 4.98 Å². The lowest BCUT2D eigenvalue weighted by atomic mass is 10.1. The number of nitrogens with zero attached hydrogens (tertiary/aromatic N) is 3. The Morgan fingerprint density at radius 3 is 2.48 bits per heavy atom. The normalized spacial score (nSPS) is 11.2. The largest absolute Gasteiger partial charge is 0.497 e. The maximum atomic E-state index is 13.8. The molecule has 0 saturated carbocycles. The van der Waals surface area contributed by atoms with E-state index in [1.807, 2.05) is 72.4 Å². The molecule has 0 fully saturated rings. The summed E-state index contributed by atoms with van der Waals surface area (Å²) >= 11 is 0. The first-order valence-corrected chi connectivity index (χ1v) is 9.91. The van der Waals surface area contributed by atoms with Gasteiger partial charge in [0.2, 0.25) is 0 Å². The van der Waals surface area contributed by atoms with Crippen LogP contribution in [0.5, 0.6) is 11.5 Å². The van der Waals surface area contributed by atoms with Crippen LogP contribution in [0.1, 0.15) is 10.4 Å². The number of aromatic nitrogens is 3. The third-order valence-electron chi connectivity index (χ3n) is 5.54. The third kappa shape index (κ3) is 2.95. The van der Waals surface area contributed by atoms with Crippen LogP contribution in [0.25, 0.3) is 33.3 Å². The molecule has 0 spiro atoms. The molecule has 0 aliphatic heterocycles. The van der Waals surface area contributed by atoms with Crippen molar-refractivity contribution >= 4 is 27.8 Å². The standard InChI is InChI=1S/C25H21N3O3/c1-27-15-19(18-14-16(30-2)12-13-21(18)27)24-26-20-9-5-6-10-22(20)28(24)25(29)17-8-4-7-11-23(17)31-3/h4-15H,1-3H3. The summed E-state index contributed by atoms with van der Waals surface area (Å²) in [7, 11) is 5.19. The Balaban J connectivity index is 1.82. The first-order chi connectivity index (χ1) is 15.1. The van der Waals surface area contributed by atoms with Gasteiger partial charge in [-0.05, 0) is 42.5 Å². The highest BCUT2D eigenvalue weighted by atomic mass is 16.5. The van der Waals surface area contributed by atoms with Crippen LogP contribution in [0.2, 0.25) is 0 Å². The molecule has 2 aromatic heterocycles. The molecule has 0 N–H and O–H groups in total. The van der Waals surface area contributed by atoms with E-state index in [1.54, 1.807) is 30.9 Å². The van der Waals surface area contributed by atoms with Crippen LogP contribution >= 0.6 is 0 Å². The summed E-state index contributed by atoms with van der Waals surface area (Å²) in [6, 6.07) is 20.8. The van der Waals surface area contributed by atoms with Crippen molar-refractivity contribution in [1.29, 1.82) is 0 Å². The van der Waals surface area contributed by atoms with Gasteiger partial charge in [0.05, 0.1) is 30.8 Å². The van der Waals surface area contributed by atoms with E-state index in [1.165, 1.54) is 0 Å². The second kappa shape index (κ2) is 7.32. The van der Waals surface area contributed by atoms with Gasteiger partial charge in [-0.3, -0.25) is 9.36 Å². The smallest absolute Gasteiger partial charge is 0.267 e. The fourth-order valence-corrected chi connectivity index (χ4v) is 4.03. The predicted octanol–water partition coefficient (Wildman–Crippen LogP) is 4.90. The number of para-hydroxylation sites is 3. The number of hydrogen-bond acceptors (Lipinski definition) is 4. The number of benzene rings is 3. The van der Waals surface area contributed by atoms with Crippen LogP contribution in [0.15, 0.2) is 72.9 Å². The number of carbonyl (C=O) groups is 1. The van der Waals surface area contributed by atoms with Crippen LogP contribution in [0, 0.1) is 0 Å². The average Bonchev–Trinajstić information content (AvgIpc) is 3.35. The summed E-state index contributed by atoms with van der Waals surface area (Å²) in [5.41, 5.74) is 3.86. The van der Waals surface area contributed by atoms with Gasteiger partial charge in [-0.2, -0.15) is 0 Å². The number of fused-ring (bicyclic) bond motifs is 2. The molecule has 6 heteroatoms. The highest BCUT2D eigenvalue weighted by Gasteiger charge is 2.24. The Bertz CT molecular complexity index is 1450. The molecular weight excluding hydrogens is 390 g/mol. The Morgan fingerprint density at radius 1 is 0.903 bits per heavy atom. The monoisotopic (exact) mass is 411 g/mol. The molecule has 5 rings (SSSR count). The SMILES string of the molecule is COc1ccc2c(c1)c(-c1nc3ccccc3n1C(=O)c1ccccc1OC)cn2C. The molecule has 0 unspecified atom stereocenters. The number of rotatable bonds is 4. The van der Waals surface area contributed by atoms with E-state index in [9.17, 15) is 4.79 Å². The Labute approximate surface area is 179 Å². The van der Waals surface area contributed by atoms with E-state index < -0.39 is 0 Å². The molecular formula is C25H21N3O3. The fourth-order valence-electron chi connectivity index (χ4n) is 4.03. The van der Waals surface area contributed by atoms with E-state index in [0.29, 0.717) is 17.1 Å². The highest BCUT2D eigenvalue weighted by Crippen LogP contribution is 2.35. The Morgan fingerprint density at radius 2 is 1.68 bits per heavy atom. The molecule has 31 heavy (non-hydrogen) atoms. The lowest BCUT2D eigenvalue weighted by molar-refractivity contribution is 0.0963. The van der Waals surface area contributed by atoms with Crippen molar-refractivity contribution in [3.63, 3.8) is 0 Å². The lowest BCUT2D eigenvalue weighted by Gasteiger charge is -2.11. The number of carbonyl (C=O) groups excluding carboxylic acids is 1. The molecule has 6 nitrogen and oxygen atoms in total. The van der Waals surface area contributed by atoms with Crippen molar-refractivity contribution in [3.05, 3.63) is 78.5 Å². The van der Waals surface area contributed by atoms with Gasteiger partial charge >= 0.3 is 0 Å². The molecule has 0 amide bonds. The van der Waals surface area contributed by atoms with Crippen LogP contribution in [-0.4, -0.2) is 34.2 Å². The predicted molar refractivity (Wildman–Crippen MR) is 121 cm³/mol. The fraction of sp³-hybridized carbons (Fsp3) is 0.120. The van der Waals surface area contributed by atoms with Crippen LogP contribution in [-0.2, 0) is 7.05 Å². The zero-order valence-corrected chi connectivity index (χ0v) is 17.5. The average molecular weight is 411 g/mol. The van der Waals surface area contributed by atoms with E-state index in [2.05, 4.69) is 0 Å². The summed E-state index contributed by atoms with van der Waals surface area (Å²) in [6.45, 7) is 0. The molecule has 0 saturated heterocycles. The summed E-state index contributed by atoms with van der Waals surface area (Å²) < 4.78 is 14.6. The number of methoxy groups -OCH3 is 2. The molecule has 0 bridgehead atoms. The van der Waals surface area contributed by atoms with E-state index in [-0.39, 0.29) is 5.91 Å². The van der Waals surface area contributed by atoms with Crippen molar-refractivity contribution in [2.24, 2.45) is 7.05 Å². The number of aryl methyl sites for hydroxylation is 1. The van der Waals surface area contributed by atoms with Crippen molar-refractivity contribution in [3.8, 4) is 22.9 Å². The second-order valence-corrected chi connectivity index (χ2v) is 7.30. The number of hydrogen-bond donors (Lipinski definition) is 0. The third-order valence-corrected chi connectivity index (χ3v) is 5.54. The summed E-state index contributed by atoms with van der Waals surface area (Å²) in [5, 5.41) is 0.964. The van der Waals surface area contributed by atoms with Gasteiger partial charge in [-0.1, -0.05) is 24.3 Å². The van der Waals surface area contributed by atoms with E-state index in [4.69, 9.17) is 14.5 Å². The van der Waals surface area contributed by atoms with Gasteiger partial charge in [0.1, 0.15) is 17.3 Å². The van der Waals surface area contributed by atoms with E-state index >= 15 is 0 Å². The minimum Gasteiger partial charge on any atom is -0.497 e. The minimum atomic E-state index is -0.193. The minimum absolute atomic E-state index is 0.193. The zero-order valence-electron chi connectivity index (χ0n) is 17.5. The Kier molecular flexibility index (Phi) is 4.47.